The van der Waals surface area contributed by atoms with Crippen molar-refractivity contribution in [2.75, 3.05) is 43.4 Å². The van der Waals surface area contributed by atoms with E-state index >= 15 is 0 Å². The third kappa shape index (κ3) is 5.12. The number of sulfone groups is 1. The van der Waals surface area contributed by atoms with Crippen LogP contribution in [-0.2, 0) is 14.6 Å². The Bertz CT molecular complexity index is 879. The van der Waals surface area contributed by atoms with Gasteiger partial charge in [0.2, 0.25) is 4.58 Å². The number of anilines is 1. The number of nitrogens with two attached hydrogens (primary N) is 1. The Kier molecular flexibility index (Phi) is 7.43. The molecule has 174 valence electrons. The van der Waals surface area contributed by atoms with Gasteiger partial charge in [0.1, 0.15) is 5.75 Å². The van der Waals surface area contributed by atoms with E-state index in [1.165, 1.54) is 0 Å². The second-order valence-electron chi connectivity index (χ2n) is 8.97. The topological polar surface area (TPSA) is 92.9 Å². The van der Waals surface area contributed by atoms with Gasteiger partial charge in [-0.2, -0.15) is 3.89 Å². The summed E-state index contributed by atoms with van der Waals surface area (Å²) < 4.78 is 42.2. The monoisotopic (exact) mass is 473 g/mol. The van der Waals surface area contributed by atoms with Crippen LogP contribution in [0.4, 0.5) is 9.57 Å². The van der Waals surface area contributed by atoms with Crippen LogP contribution < -0.4 is 15.4 Å². The molecule has 10 heteroatoms. The van der Waals surface area contributed by atoms with Crippen LogP contribution in [0.25, 0.3) is 0 Å². The van der Waals surface area contributed by atoms with E-state index in [0.29, 0.717) is 19.7 Å². The van der Waals surface area contributed by atoms with Crippen LogP contribution in [0.1, 0.15) is 27.2 Å². The Morgan fingerprint density at radius 3 is 2.55 bits per heavy atom. The summed E-state index contributed by atoms with van der Waals surface area (Å²) in [5, 5.41) is 0. The number of amides is 1. The van der Waals surface area contributed by atoms with Crippen molar-refractivity contribution in [3.05, 3.63) is 24.3 Å². The molecule has 3 heterocycles. The number of carbonyl (C=O) groups is 1. The first kappa shape index (κ1) is 24.1. The molecule has 3 fully saturated rings. The van der Waals surface area contributed by atoms with Crippen molar-refractivity contribution < 1.29 is 21.8 Å². The molecule has 1 amide bonds. The van der Waals surface area contributed by atoms with E-state index in [-0.39, 0.29) is 23.9 Å². The lowest BCUT2D eigenvalue weighted by molar-refractivity contribution is -0.129. The number of ether oxygens (including phenoxy) is 1. The van der Waals surface area contributed by atoms with Crippen molar-refractivity contribution in [1.82, 2.24) is 4.90 Å². The average Bonchev–Trinajstić information content (AvgIpc) is 2.96. The molecule has 4 rings (SSSR count). The zero-order valence-corrected chi connectivity index (χ0v) is 19.9. The minimum atomic E-state index is -3.96. The van der Waals surface area contributed by atoms with Gasteiger partial charge in [-0.1, -0.05) is 13.8 Å². The van der Waals surface area contributed by atoms with E-state index in [1.54, 1.807) is 4.90 Å². The van der Waals surface area contributed by atoms with Crippen LogP contribution in [0.2, 0.25) is 0 Å². The summed E-state index contributed by atoms with van der Waals surface area (Å²) in [7, 11) is -3.96. The number of carbonyl (C=O) groups excluding carboxylic acids is 1. The standard InChI is InChI=1S/C21H32FN3O4S2/c1-4-29-17-7-5-16(6-8-17)25-13-15-11-21(2,3)18(25)14-24(12-15)19(26)20(30-22)31(27,28)10-9-23/h5-8,15,18,20H,4,9-14,23H2,1-3H3/t15-,18-,20?/m1/s1. The maximum absolute atomic E-state index is 13.6. The molecule has 3 aliphatic rings. The third-order valence-electron chi connectivity index (χ3n) is 6.22. The number of fused-ring (bicyclic) bond motifs is 4. The summed E-state index contributed by atoms with van der Waals surface area (Å²) in [6.07, 6.45) is 0.915. The number of hydrogen-bond donors (Lipinski definition) is 1. The molecule has 3 aliphatic heterocycles. The molecular weight excluding hydrogens is 441 g/mol. The van der Waals surface area contributed by atoms with Gasteiger partial charge in [-0.3, -0.25) is 4.79 Å². The lowest BCUT2D eigenvalue weighted by Gasteiger charge is -2.48. The van der Waals surface area contributed by atoms with Gasteiger partial charge >= 0.3 is 0 Å². The molecule has 3 saturated heterocycles. The smallest absolute Gasteiger partial charge is 0.253 e. The number of hydrogen-bond acceptors (Lipinski definition) is 7. The minimum Gasteiger partial charge on any atom is -0.494 e. The van der Waals surface area contributed by atoms with Gasteiger partial charge in [0.25, 0.3) is 5.91 Å². The number of rotatable bonds is 8. The second kappa shape index (κ2) is 9.54. The molecule has 0 aliphatic carbocycles. The normalized spacial score (nSPS) is 24.0. The van der Waals surface area contributed by atoms with Crippen LogP contribution in [0, 0.1) is 11.3 Å². The highest BCUT2D eigenvalue weighted by atomic mass is 32.3. The fourth-order valence-corrected chi connectivity index (χ4v) is 6.82. The van der Waals surface area contributed by atoms with E-state index in [4.69, 9.17) is 10.5 Å². The number of nitrogens with zero attached hydrogens (tertiary/aromatic N) is 2. The van der Waals surface area contributed by atoms with Crippen LogP contribution in [-0.4, -0.2) is 68.4 Å². The molecule has 1 aromatic rings. The van der Waals surface area contributed by atoms with Crippen LogP contribution >= 0.6 is 12.1 Å². The summed E-state index contributed by atoms with van der Waals surface area (Å²) in [4.78, 5) is 16.9. The molecule has 0 saturated carbocycles. The summed E-state index contributed by atoms with van der Waals surface area (Å²) in [6, 6.07) is 7.88. The highest BCUT2D eigenvalue weighted by molar-refractivity contribution is 8.11. The van der Waals surface area contributed by atoms with Crippen molar-refractivity contribution in [3.8, 4) is 5.75 Å². The predicted molar refractivity (Wildman–Crippen MR) is 123 cm³/mol. The third-order valence-corrected chi connectivity index (χ3v) is 9.34. The Labute approximate surface area is 188 Å². The Balaban J connectivity index is 1.87. The first-order valence-corrected chi connectivity index (χ1v) is 13.1. The van der Waals surface area contributed by atoms with E-state index in [0.717, 1.165) is 24.4 Å². The summed E-state index contributed by atoms with van der Waals surface area (Å²) in [5.74, 6) is -0.130. The van der Waals surface area contributed by atoms with Gasteiger partial charge in [0.05, 0.1) is 30.5 Å². The molecule has 0 radical (unpaired) electrons. The maximum atomic E-state index is 13.6. The van der Waals surface area contributed by atoms with Crippen molar-refractivity contribution in [2.45, 2.75) is 37.8 Å². The zero-order valence-electron chi connectivity index (χ0n) is 18.3. The number of benzene rings is 1. The summed E-state index contributed by atoms with van der Waals surface area (Å²) in [5.41, 5.74) is 6.30. The fourth-order valence-electron chi connectivity index (χ4n) is 4.87. The average molecular weight is 474 g/mol. The summed E-state index contributed by atoms with van der Waals surface area (Å²) >= 11 is -0.411. The predicted octanol–water partition coefficient (Wildman–Crippen LogP) is 2.47. The van der Waals surface area contributed by atoms with Gasteiger partial charge in [0, 0.05) is 31.9 Å². The Morgan fingerprint density at radius 2 is 1.97 bits per heavy atom. The van der Waals surface area contributed by atoms with Crippen LogP contribution in [0.5, 0.6) is 5.75 Å². The fraction of sp³-hybridized carbons (Fsp3) is 0.667. The zero-order chi connectivity index (χ0) is 22.8. The quantitative estimate of drug-likeness (QED) is 0.620. The molecule has 0 spiro atoms. The molecule has 2 bridgehead atoms. The van der Waals surface area contributed by atoms with E-state index < -0.39 is 38.2 Å². The van der Waals surface area contributed by atoms with Gasteiger partial charge in [0.15, 0.2) is 9.84 Å². The molecule has 3 atom stereocenters. The van der Waals surface area contributed by atoms with E-state index in [2.05, 4.69) is 18.7 Å². The molecule has 7 nitrogen and oxygen atoms in total. The second-order valence-corrected chi connectivity index (χ2v) is 12.1. The van der Waals surface area contributed by atoms with Crippen molar-refractivity contribution >= 4 is 33.6 Å². The first-order chi connectivity index (χ1) is 14.6. The molecule has 1 unspecified atom stereocenters. The van der Waals surface area contributed by atoms with Gasteiger partial charge in [-0.25, -0.2) is 8.42 Å². The van der Waals surface area contributed by atoms with Crippen molar-refractivity contribution in [1.29, 1.82) is 0 Å². The van der Waals surface area contributed by atoms with Gasteiger partial charge in [-0.15, -0.1) is 0 Å². The Hall–Kier alpha value is -1.52. The minimum absolute atomic E-state index is 0.0179. The van der Waals surface area contributed by atoms with E-state index in [1.807, 2.05) is 31.2 Å². The lowest BCUT2D eigenvalue weighted by Crippen LogP contribution is -2.54. The highest BCUT2D eigenvalue weighted by Crippen LogP contribution is 2.44. The first-order valence-electron chi connectivity index (χ1n) is 10.6. The maximum Gasteiger partial charge on any atom is 0.253 e. The lowest BCUT2D eigenvalue weighted by atomic mass is 9.73. The van der Waals surface area contributed by atoms with Crippen molar-refractivity contribution in [2.24, 2.45) is 17.1 Å². The van der Waals surface area contributed by atoms with Crippen LogP contribution in [0.15, 0.2) is 24.3 Å². The highest BCUT2D eigenvalue weighted by Gasteiger charge is 2.48. The summed E-state index contributed by atoms with van der Waals surface area (Å²) in [6.45, 7) is 8.26. The van der Waals surface area contributed by atoms with Crippen molar-refractivity contribution in [3.63, 3.8) is 0 Å². The Morgan fingerprint density at radius 1 is 1.29 bits per heavy atom. The number of halogens is 1. The largest absolute Gasteiger partial charge is 0.494 e. The van der Waals surface area contributed by atoms with E-state index in [9.17, 15) is 17.1 Å². The van der Waals surface area contributed by atoms with Gasteiger partial charge in [-0.05, 0) is 48.9 Å². The molecule has 2 N–H and O–H groups in total. The molecular formula is C21H32FN3O4S2. The molecule has 0 aromatic heterocycles. The molecule has 1 aromatic carbocycles. The van der Waals surface area contributed by atoms with Crippen LogP contribution in [0.3, 0.4) is 0 Å². The molecule has 31 heavy (non-hydrogen) atoms. The number of piperidine rings is 1. The van der Waals surface area contributed by atoms with Gasteiger partial charge < -0.3 is 20.3 Å². The SMILES string of the molecule is CCOc1ccc(N2C[C@H]3CN(C(=O)C(SF)S(=O)(=O)CCN)C[C@@H]2C(C)(C)C3)cc1.